The number of unbranched alkanes of at least 4 members (excludes halogenated alkanes) is 20. The van der Waals surface area contributed by atoms with Gasteiger partial charge in [0.15, 0.2) is 0 Å². The van der Waals surface area contributed by atoms with E-state index in [2.05, 4.69) is 43.5 Å². The van der Waals surface area contributed by atoms with E-state index in [1.165, 1.54) is 83.5 Å². The van der Waals surface area contributed by atoms with E-state index >= 15 is 0 Å². The number of nitrogens with one attached hydrogen (secondary N) is 1. The van der Waals surface area contributed by atoms with Gasteiger partial charge in [-0.25, -0.2) is 4.57 Å². The van der Waals surface area contributed by atoms with E-state index in [-0.39, 0.29) is 32.1 Å². The number of aliphatic hydroxyl groups excluding tert-OH is 1. The first-order chi connectivity index (χ1) is 23.8. The van der Waals surface area contributed by atoms with E-state index in [1.54, 1.807) is 0 Å². The molecule has 1 amide bonds. The molecule has 10 heteroatoms. The van der Waals surface area contributed by atoms with E-state index in [9.17, 15) is 24.2 Å². The maximum Gasteiger partial charge on any atom is 0.472 e. The summed E-state index contributed by atoms with van der Waals surface area (Å²) in [5.74, 6) is -0.533. The fourth-order valence-corrected chi connectivity index (χ4v) is 6.07. The van der Waals surface area contributed by atoms with Crippen LogP contribution in [0.1, 0.15) is 181 Å². The molecule has 0 heterocycles. The number of carbonyl (C=O) groups excluding carboxylic acids is 2. The summed E-state index contributed by atoms with van der Waals surface area (Å²) in [4.78, 5) is 33.8. The topological polar surface area (TPSA) is 131 Å². The summed E-state index contributed by atoms with van der Waals surface area (Å²) in [5.41, 5.74) is 0. The lowest BCUT2D eigenvalue weighted by molar-refractivity contribution is -0.147. The van der Waals surface area contributed by atoms with Crippen LogP contribution < -0.4 is 5.32 Å². The standard InChI is InChI=1S/C39H74NO8P/c1-3-5-7-9-11-13-15-17-18-20-22-24-26-28-30-32-39(43)46-35-37(41)36-48-49(44,45)47-34-33-40-38(42)31-29-27-25-23-21-19-16-14-12-10-8-6-4-2/h14,16-18,37,41H,3-13,15,19-36H2,1-2H3,(H,40,42)(H,44,45)/b16-14-,18-17-. The Kier molecular flexibility index (Phi) is 35.2. The Morgan fingerprint density at radius 2 is 1.04 bits per heavy atom. The van der Waals surface area contributed by atoms with Crippen LogP contribution in [0.25, 0.3) is 0 Å². The first-order valence-corrected chi connectivity index (χ1v) is 21.3. The Bertz CT molecular complexity index is 866. The van der Waals surface area contributed by atoms with Crippen molar-refractivity contribution in [2.45, 2.75) is 187 Å². The first-order valence-electron chi connectivity index (χ1n) is 19.8. The molecule has 2 unspecified atom stereocenters. The predicted octanol–water partition coefficient (Wildman–Crippen LogP) is 10.4. The summed E-state index contributed by atoms with van der Waals surface area (Å²) >= 11 is 0. The molecule has 0 aliphatic heterocycles. The lowest BCUT2D eigenvalue weighted by Crippen LogP contribution is -2.27. The molecule has 0 aliphatic rings. The predicted molar refractivity (Wildman–Crippen MR) is 201 cm³/mol. The average molecular weight is 716 g/mol. The molecule has 3 N–H and O–H groups in total. The lowest BCUT2D eigenvalue weighted by atomic mass is 10.1. The Morgan fingerprint density at radius 3 is 1.55 bits per heavy atom. The van der Waals surface area contributed by atoms with Gasteiger partial charge >= 0.3 is 13.8 Å². The molecule has 0 saturated carbocycles. The maximum atomic E-state index is 12.0. The van der Waals surface area contributed by atoms with Gasteiger partial charge in [-0.15, -0.1) is 0 Å². The third kappa shape index (κ3) is 37.6. The molecule has 0 aromatic heterocycles. The second kappa shape index (κ2) is 36.3. The van der Waals surface area contributed by atoms with Gasteiger partial charge in [0.05, 0.1) is 13.2 Å². The first kappa shape index (κ1) is 47.5. The van der Waals surface area contributed by atoms with Crippen molar-refractivity contribution < 1.29 is 37.9 Å². The van der Waals surface area contributed by atoms with Crippen LogP contribution in [0.5, 0.6) is 0 Å². The number of amides is 1. The number of aliphatic hydroxyl groups is 1. The monoisotopic (exact) mass is 716 g/mol. The molecule has 0 aliphatic carbocycles. The highest BCUT2D eigenvalue weighted by Crippen LogP contribution is 2.42. The minimum Gasteiger partial charge on any atom is -0.463 e. The Labute approximate surface area is 300 Å². The second-order valence-corrected chi connectivity index (χ2v) is 14.7. The van der Waals surface area contributed by atoms with Crippen LogP contribution in [-0.2, 0) is 27.9 Å². The van der Waals surface area contributed by atoms with Crippen molar-refractivity contribution in [2.75, 3.05) is 26.4 Å². The smallest absolute Gasteiger partial charge is 0.463 e. The van der Waals surface area contributed by atoms with Crippen molar-refractivity contribution in [3.8, 4) is 0 Å². The van der Waals surface area contributed by atoms with Gasteiger partial charge in [-0.2, -0.15) is 0 Å². The number of allylic oxidation sites excluding steroid dienone is 4. The van der Waals surface area contributed by atoms with Gasteiger partial charge in [0.1, 0.15) is 12.7 Å². The molecule has 0 aromatic rings. The highest BCUT2D eigenvalue weighted by atomic mass is 31.2. The number of phosphoric acid groups is 1. The zero-order valence-corrected chi connectivity index (χ0v) is 32.3. The Balaban J connectivity index is 3.63. The maximum absolute atomic E-state index is 12.0. The molecule has 0 saturated heterocycles. The van der Waals surface area contributed by atoms with E-state index in [0.717, 1.165) is 70.6 Å². The molecular formula is C39H74NO8P. The summed E-state index contributed by atoms with van der Waals surface area (Å²) in [6, 6.07) is 0. The second-order valence-electron chi connectivity index (χ2n) is 13.2. The van der Waals surface area contributed by atoms with Crippen LogP contribution in [0, 0.1) is 0 Å². The van der Waals surface area contributed by atoms with E-state index < -0.39 is 26.5 Å². The molecule has 288 valence electrons. The summed E-state index contributed by atoms with van der Waals surface area (Å²) in [6.07, 6.45) is 36.7. The number of esters is 1. The van der Waals surface area contributed by atoms with Crippen LogP contribution >= 0.6 is 7.82 Å². The number of phosphoric ester groups is 1. The minimum atomic E-state index is -4.41. The van der Waals surface area contributed by atoms with Gasteiger partial charge in [0.25, 0.3) is 0 Å². The number of carbonyl (C=O) groups is 2. The number of rotatable bonds is 37. The fraction of sp³-hybridized carbons (Fsp3) is 0.846. The zero-order chi connectivity index (χ0) is 36.1. The van der Waals surface area contributed by atoms with Crippen molar-refractivity contribution in [1.29, 1.82) is 0 Å². The highest BCUT2D eigenvalue weighted by Gasteiger charge is 2.23. The van der Waals surface area contributed by atoms with Crippen molar-refractivity contribution in [1.82, 2.24) is 5.32 Å². The molecule has 0 bridgehead atoms. The molecule has 0 spiro atoms. The van der Waals surface area contributed by atoms with Crippen LogP contribution in [0.4, 0.5) is 0 Å². The van der Waals surface area contributed by atoms with E-state index in [4.69, 9.17) is 13.8 Å². The molecule has 9 nitrogen and oxygen atoms in total. The van der Waals surface area contributed by atoms with Crippen molar-refractivity contribution >= 4 is 19.7 Å². The molecule has 2 atom stereocenters. The SMILES string of the molecule is CCCCCC/C=C\CCCCCCCC(=O)NCCOP(=O)(O)OCC(O)COC(=O)CCCCCCC/C=C\CCCCCCCC. The van der Waals surface area contributed by atoms with Crippen LogP contribution in [0.3, 0.4) is 0 Å². The molecule has 0 radical (unpaired) electrons. The molecule has 49 heavy (non-hydrogen) atoms. The van der Waals surface area contributed by atoms with E-state index in [0.29, 0.717) is 6.42 Å². The summed E-state index contributed by atoms with van der Waals surface area (Å²) in [5, 5.41) is 12.6. The van der Waals surface area contributed by atoms with Gasteiger partial charge in [-0.05, 0) is 64.2 Å². The molecular weight excluding hydrogens is 641 g/mol. The van der Waals surface area contributed by atoms with E-state index in [1.807, 2.05) is 0 Å². The lowest BCUT2D eigenvalue weighted by Gasteiger charge is -2.15. The third-order valence-electron chi connectivity index (χ3n) is 8.35. The summed E-state index contributed by atoms with van der Waals surface area (Å²) < 4.78 is 26.8. The Morgan fingerprint density at radius 1 is 0.612 bits per heavy atom. The quantitative estimate of drug-likeness (QED) is 0.0251. The summed E-state index contributed by atoms with van der Waals surface area (Å²) in [7, 11) is -4.41. The fourth-order valence-electron chi connectivity index (χ4n) is 5.31. The van der Waals surface area contributed by atoms with Crippen LogP contribution in [-0.4, -0.2) is 54.3 Å². The minimum absolute atomic E-state index is 0.0774. The van der Waals surface area contributed by atoms with Gasteiger partial charge in [-0.1, -0.05) is 128 Å². The highest BCUT2D eigenvalue weighted by molar-refractivity contribution is 7.47. The molecule has 0 aromatic carbocycles. The molecule has 0 rings (SSSR count). The van der Waals surface area contributed by atoms with Gasteiger partial charge < -0.3 is 20.1 Å². The van der Waals surface area contributed by atoms with Gasteiger partial charge in [-0.3, -0.25) is 18.6 Å². The average Bonchev–Trinajstić information content (AvgIpc) is 3.08. The van der Waals surface area contributed by atoms with Crippen molar-refractivity contribution in [2.24, 2.45) is 0 Å². The Hall–Kier alpha value is -1.51. The largest absolute Gasteiger partial charge is 0.472 e. The number of ether oxygens (including phenoxy) is 1. The molecule has 0 fully saturated rings. The normalized spacial score (nSPS) is 13.6. The summed E-state index contributed by atoms with van der Waals surface area (Å²) in [6.45, 7) is 3.51. The zero-order valence-electron chi connectivity index (χ0n) is 31.4. The van der Waals surface area contributed by atoms with Crippen molar-refractivity contribution in [3.63, 3.8) is 0 Å². The van der Waals surface area contributed by atoms with Crippen LogP contribution in [0.15, 0.2) is 24.3 Å². The van der Waals surface area contributed by atoms with Gasteiger partial charge in [0, 0.05) is 19.4 Å². The van der Waals surface area contributed by atoms with Crippen LogP contribution in [0.2, 0.25) is 0 Å². The number of hydrogen-bond acceptors (Lipinski definition) is 7. The third-order valence-corrected chi connectivity index (χ3v) is 9.34. The van der Waals surface area contributed by atoms with Crippen molar-refractivity contribution in [3.05, 3.63) is 24.3 Å². The number of hydrogen-bond donors (Lipinski definition) is 3. The van der Waals surface area contributed by atoms with Gasteiger partial charge in [0.2, 0.25) is 5.91 Å².